The van der Waals surface area contributed by atoms with Gasteiger partial charge < -0.3 is 10.2 Å². The largest absolute Gasteiger partial charge is 0.367 e. The molecule has 88 valence electrons. The van der Waals surface area contributed by atoms with E-state index in [0.29, 0.717) is 12.1 Å². The van der Waals surface area contributed by atoms with Gasteiger partial charge in [-0.3, -0.25) is 4.98 Å². The Balaban J connectivity index is 2.16. The van der Waals surface area contributed by atoms with Crippen molar-refractivity contribution in [3.63, 3.8) is 0 Å². The Bertz CT molecular complexity index is 312. The highest BCUT2D eigenvalue weighted by atomic mass is 15.2. The topological polar surface area (TPSA) is 28.2 Å². The fourth-order valence-corrected chi connectivity index (χ4v) is 2.53. The molecule has 1 fully saturated rings. The third-order valence-electron chi connectivity index (χ3n) is 3.58. The quantitative estimate of drug-likeness (QED) is 0.843. The first-order valence-electron chi connectivity index (χ1n) is 6.17. The van der Waals surface area contributed by atoms with Crippen LogP contribution < -0.4 is 10.2 Å². The second-order valence-corrected chi connectivity index (χ2v) is 4.54. The number of nitrogens with one attached hydrogen (secondary N) is 1. The standard InChI is InChI=1S/C13H21N3/c1-11(14-2)13-5-3-4-10-16(13)12-6-8-15-9-7-12/h6-9,11,13-14H,3-5,10H2,1-2H3. The van der Waals surface area contributed by atoms with Gasteiger partial charge in [-0.2, -0.15) is 0 Å². The van der Waals surface area contributed by atoms with E-state index < -0.39 is 0 Å². The van der Waals surface area contributed by atoms with Gasteiger partial charge in [-0.25, -0.2) is 0 Å². The van der Waals surface area contributed by atoms with Crippen LogP contribution in [0.3, 0.4) is 0 Å². The molecule has 0 amide bonds. The van der Waals surface area contributed by atoms with E-state index in [0.717, 1.165) is 0 Å². The van der Waals surface area contributed by atoms with E-state index in [1.807, 2.05) is 19.4 Å². The van der Waals surface area contributed by atoms with Gasteiger partial charge in [0.1, 0.15) is 0 Å². The average Bonchev–Trinajstić information content (AvgIpc) is 2.39. The van der Waals surface area contributed by atoms with Gasteiger partial charge in [0.15, 0.2) is 0 Å². The van der Waals surface area contributed by atoms with Gasteiger partial charge in [-0.05, 0) is 45.4 Å². The van der Waals surface area contributed by atoms with Crippen LogP contribution in [0, 0.1) is 0 Å². The van der Waals surface area contributed by atoms with E-state index >= 15 is 0 Å². The van der Waals surface area contributed by atoms with Gasteiger partial charge in [0.05, 0.1) is 0 Å². The van der Waals surface area contributed by atoms with Crippen LogP contribution in [0.4, 0.5) is 5.69 Å². The van der Waals surface area contributed by atoms with Crippen molar-refractivity contribution < 1.29 is 0 Å². The summed E-state index contributed by atoms with van der Waals surface area (Å²) in [6.07, 6.45) is 7.69. The fraction of sp³-hybridized carbons (Fsp3) is 0.615. The SMILES string of the molecule is CNC(C)C1CCCCN1c1ccncc1. The van der Waals surface area contributed by atoms with Crippen LogP contribution in [0.25, 0.3) is 0 Å². The van der Waals surface area contributed by atoms with Crippen molar-refractivity contribution in [3.8, 4) is 0 Å². The van der Waals surface area contributed by atoms with Crippen molar-refractivity contribution in [1.29, 1.82) is 0 Å². The summed E-state index contributed by atoms with van der Waals surface area (Å²) >= 11 is 0. The van der Waals surface area contributed by atoms with Gasteiger partial charge in [0.25, 0.3) is 0 Å². The number of nitrogens with zero attached hydrogens (tertiary/aromatic N) is 2. The van der Waals surface area contributed by atoms with Crippen molar-refractivity contribution in [1.82, 2.24) is 10.3 Å². The summed E-state index contributed by atoms with van der Waals surface area (Å²) < 4.78 is 0. The molecule has 2 rings (SSSR count). The Hall–Kier alpha value is -1.09. The molecule has 2 heterocycles. The maximum absolute atomic E-state index is 4.09. The summed E-state index contributed by atoms with van der Waals surface area (Å²) in [7, 11) is 2.05. The predicted molar refractivity (Wildman–Crippen MR) is 67.7 cm³/mol. The molecule has 1 N–H and O–H groups in total. The first-order valence-corrected chi connectivity index (χ1v) is 6.17. The summed E-state index contributed by atoms with van der Waals surface area (Å²) in [5.41, 5.74) is 1.31. The number of hydrogen-bond donors (Lipinski definition) is 1. The summed E-state index contributed by atoms with van der Waals surface area (Å²) in [5.74, 6) is 0. The Labute approximate surface area is 97.9 Å². The minimum atomic E-state index is 0.536. The predicted octanol–water partition coefficient (Wildman–Crippen LogP) is 2.05. The van der Waals surface area contributed by atoms with E-state index in [1.165, 1.54) is 31.5 Å². The Morgan fingerprint density at radius 1 is 1.38 bits per heavy atom. The summed E-state index contributed by atoms with van der Waals surface area (Å²) in [6.45, 7) is 3.44. The zero-order valence-electron chi connectivity index (χ0n) is 10.2. The van der Waals surface area contributed by atoms with Gasteiger partial charge in [0, 0.05) is 36.7 Å². The van der Waals surface area contributed by atoms with Gasteiger partial charge in [0.2, 0.25) is 0 Å². The molecule has 0 aliphatic carbocycles. The molecule has 2 atom stereocenters. The maximum atomic E-state index is 4.09. The normalized spacial score (nSPS) is 23.1. The maximum Gasteiger partial charge on any atom is 0.0440 e. The van der Waals surface area contributed by atoms with Gasteiger partial charge in [-0.1, -0.05) is 0 Å². The van der Waals surface area contributed by atoms with Crippen LogP contribution in [0.15, 0.2) is 24.5 Å². The molecule has 0 bridgehead atoms. The van der Waals surface area contributed by atoms with Gasteiger partial charge in [-0.15, -0.1) is 0 Å². The molecule has 0 saturated carbocycles. The lowest BCUT2D eigenvalue weighted by Gasteiger charge is -2.40. The molecule has 0 aromatic carbocycles. The Kier molecular flexibility index (Phi) is 3.78. The monoisotopic (exact) mass is 219 g/mol. The number of hydrogen-bond acceptors (Lipinski definition) is 3. The van der Waals surface area contributed by atoms with Crippen molar-refractivity contribution in [2.24, 2.45) is 0 Å². The van der Waals surface area contributed by atoms with Crippen molar-refractivity contribution in [3.05, 3.63) is 24.5 Å². The van der Waals surface area contributed by atoms with Crippen LogP contribution in [-0.2, 0) is 0 Å². The smallest absolute Gasteiger partial charge is 0.0440 e. The van der Waals surface area contributed by atoms with Crippen LogP contribution in [0.2, 0.25) is 0 Å². The molecular formula is C13H21N3. The molecule has 2 unspecified atom stereocenters. The number of piperidine rings is 1. The molecule has 1 aromatic rings. The molecule has 1 aromatic heterocycles. The lowest BCUT2D eigenvalue weighted by atomic mass is 9.96. The molecule has 3 nitrogen and oxygen atoms in total. The van der Waals surface area contributed by atoms with E-state index in [9.17, 15) is 0 Å². The third-order valence-corrected chi connectivity index (χ3v) is 3.58. The number of aromatic nitrogens is 1. The van der Waals surface area contributed by atoms with E-state index in [2.05, 4.69) is 34.3 Å². The number of pyridine rings is 1. The van der Waals surface area contributed by atoms with E-state index in [4.69, 9.17) is 0 Å². The fourth-order valence-electron chi connectivity index (χ4n) is 2.53. The molecule has 16 heavy (non-hydrogen) atoms. The molecule has 0 spiro atoms. The molecule has 3 heteroatoms. The average molecular weight is 219 g/mol. The lowest BCUT2D eigenvalue weighted by molar-refractivity contribution is 0.382. The highest BCUT2D eigenvalue weighted by Gasteiger charge is 2.26. The number of rotatable bonds is 3. The van der Waals surface area contributed by atoms with Gasteiger partial charge >= 0.3 is 0 Å². The Morgan fingerprint density at radius 3 is 2.81 bits per heavy atom. The summed E-state index contributed by atoms with van der Waals surface area (Å²) in [4.78, 5) is 6.61. The minimum Gasteiger partial charge on any atom is -0.367 e. The van der Waals surface area contributed by atoms with Crippen molar-refractivity contribution >= 4 is 5.69 Å². The molecule has 1 saturated heterocycles. The highest BCUT2D eigenvalue weighted by Crippen LogP contribution is 2.25. The lowest BCUT2D eigenvalue weighted by Crippen LogP contribution is -2.50. The number of likely N-dealkylation sites (N-methyl/N-ethyl adjacent to an activating group) is 1. The zero-order chi connectivity index (χ0) is 11.4. The van der Waals surface area contributed by atoms with E-state index in [-0.39, 0.29) is 0 Å². The highest BCUT2D eigenvalue weighted by molar-refractivity contribution is 5.46. The van der Waals surface area contributed by atoms with Crippen molar-refractivity contribution in [2.75, 3.05) is 18.5 Å². The third kappa shape index (κ3) is 2.35. The minimum absolute atomic E-state index is 0.536. The molecule has 1 aliphatic heterocycles. The van der Waals surface area contributed by atoms with Crippen molar-refractivity contribution in [2.45, 2.75) is 38.3 Å². The first-order chi connectivity index (χ1) is 7.83. The second kappa shape index (κ2) is 5.30. The Morgan fingerprint density at radius 2 is 2.12 bits per heavy atom. The number of anilines is 1. The zero-order valence-corrected chi connectivity index (χ0v) is 10.2. The molecular weight excluding hydrogens is 198 g/mol. The molecule has 0 radical (unpaired) electrons. The summed E-state index contributed by atoms with van der Waals surface area (Å²) in [5, 5.41) is 3.38. The summed E-state index contributed by atoms with van der Waals surface area (Å²) in [6, 6.07) is 5.37. The van der Waals surface area contributed by atoms with Crippen LogP contribution in [0.1, 0.15) is 26.2 Å². The second-order valence-electron chi connectivity index (χ2n) is 4.54. The first kappa shape index (κ1) is 11.4. The van der Waals surface area contributed by atoms with E-state index in [1.54, 1.807) is 0 Å². The van der Waals surface area contributed by atoms with Crippen LogP contribution in [-0.4, -0.2) is 30.7 Å². The molecule has 1 aliphatic rings. The van der Waals surface area contributed by atoms with Crippen LogP contribution >= 0.6 is 0 Å². The van der Waals surface area contributed by atoms with Crippen LogP contribution in [0.5, 0.6) is 0 Å².